The van der Waals surface area contributed by atoms with Crippen LogP contribution in [0.5, 0.6) is 0 Å². The molecule has 0 aliphatic carbocycles. The Kier molecular flexibility index (Phi) is 4.47. The molecule has 0 N–H and O–H groups in total. The minimum Gasteiger partial charge on any atom is -0.367 e. The van der Waals surface area contributed by atoms with Gasteiger partial charge in [-0.3, -0.25) is 10.1 Å². The summed E-state index contributed by atoms with van der Waals surface area (Å²) in [6.07, 6.45) is 1.04. The van der Waals surface area contributed by atoms with Crippen LogP contribution >= 0.6 is 11.3 Å². The van der Waals surface area contributed by atoms with Crippen molar-refractivity contribution >= 4 is 32.5 Å². The van der Waals surface area contributed by atoms with E-state index in [1.165, 1.54) is 23.5 Å². The van der Waals surface area contributed by atoms with E-state index in [1.807, 2.05) is 12.3 Å². The van der Waals surface area contributed by atoms with Gasteiger partial charge in [0.25, 0.3) is 5.69 Å². The molecule has 22 heavy (non-hydrogen) atoms. The Morgan fingerprint density at radius 3 is 2.59 bits per heavy atom. The third-order valence-corrected chi connectivity index (χ3v) is 5.08. The molecule has 0 radical (unpaired) electrons. The van der Waals surface area contributed by atoms with Gasteiger partial charge in [0.2, 0.25) is 0 Å². The Balaban J connectivity index is 2.43. The maximum absolute atomic E-state index is 11.9. The van der Waals surface area contributed by atoms with E-state index in [-0.39, 0.29) is 10.6 Å². The number of hydrogen-bond acceptors (Lipinski definition) is 7. The van der Waals surface area contributed by atoms with Gasteiger partial charge in [-0.05, 0) is 13.0 Å². The third-order valence-electron chi connectivity index (χ3n) is 3.00. The monoisotopic (exact) mass is 341 g/mol. The van der Waals surface area contributed by atoms with Crippen LogP contribution in [0.3, 0.4) is 0 Å². The van der Waals surface area contributed by atoms with Gasteiger partial charge in [0.1, 0.15) is 5.01 Å². The summed E-state index contributed by atoms with van der Waals surface area (Å²) in [4.78, 5) is 16.2. The molecule has 118 valence electrons. The Bertz CT molecular complexity index is 814. The van der Waals surface area contributed by atoms with Gasteiger partial charge in [0, 0.05) is 36.5 Å². The highest BCUT2D eigenvalue weighted by Crippen LogP contribution is 2.30. The number of aromatic nitrogens is 1. The average molecular weight is 341 g/mol. The van der Waals surface area contributed by atoms with Gasteiger partial charge >= 0.3 is 0 Å². The lowest BCUT2D eigenvalue weighted by atomic mass is 10.2. The fourth-order valence-corrected chi connectivity index (χ4v) is 3.75. The fourth-order valence-electron chi connectivity index (χ4n) is 1.99. The highest BCUT2D eigenvalue weighted by Gasteiger charge is 2.21. The normalized spacial score (nSPS) is 11.4. The SMILES string of the molecule is Cc1csc(CN(C)c2ccc([N+](=O)[O-])cc2S(C)(=O)=O)n1. The van der Waals surface area contributed by atoms with E-state index in [0.29, 0.717) is 12.2 Å². The zero-order valence-corrected chi connectivity index (χ0v) is 13.9. The van der Waals surface area contributed by atoms with Crippen molar-refractivity contribution in [2.75, 3.05) is 18.2 Å². The number of anilines is 1. The van der Waals surface area contributed by atoms with Crippen molar-refractivity contribution in [3.05, 3.63) is 44.4 Å². The molecule has 0 saturated carbocycles. The first-order chi connectivity index (χ1) is 10.2. The van der Waals surface area contributed by atoms with E-state index in [2.05, 4.69) is 4.98 Å². The molecule has 0 aliphatic rings. The fraction of sp³-hybridized carbons (Fsp3) is 0.308. The Labute approximate surface area is 132 Å². The van der Waals surface area contributed by atoms with E-state index < -0.39 is 14.8 Å². The molecule has 0 spiro atoms. The summed E-state index contributed by atoms with van der Waals surface area (Å²) < 4.78 is 23.9. The number of nitro groups is 1. The van der Waals surface area contributed by atoms with E-state index >= 15 is 0 Å². The summed E-state index contributed by atoms with van der Waals surface area (Å²) in [7, 11) is -1.86. The summed E-state index contributed by atoms with van der Waals surface area (Å²) in [5.74, 6) is 0. The van der Waals surface area contributed by atoms with Crippen LogP contribution < -0.4 is 4.90 Å². The highest BCUT2D eigenvalue weighted by molar-refractivity contribution is 7.90. The zero-order valence-electron chi connectivity index (χ0n) is 12.3. The molecule has 0 unspecified atom stereocenters. The van der Waals surface area contributed by atoms with E-state index in [1.54, 1.807) is 11.9 Å². The standard InChI is InChI=1S/C13H15N3O4S2/c1-9-8-21-13(14-9)7-15(2)11-5-4-10(16(17)18)6-12(11)22(3,19)20/h4-6,8H,7H2,1-3H3. The van der Waals surface area contributed by atoms with Crippen LogP contribution in [0.25, 0.3) is 0 Å². The van der Waals surface area contributed by atoms with E-state index in [4.69, 9.17) is 0 Å². The lowest BCUT2D eigenvalue weighted by molar-refractivity contribution is -0.385. The summed E-state index contributed by atoms with van der Waals surface area (Å²) in [6, 6.07) is 3.84. The molecule has 2 aromatic rings. The average Bonchev–Trinajstić information content (AvgIpc) is 2.82. The van der Waals surface area contributed by atoms with Crippen LogP contribution in [-0.2, 0) is 16.4 Å². The molecule has 2 rings (SSSR count). The number of nitro benzene ring substituents is 1. The van der Waals surface area contributed by atoms with Gasteiger partial charge in [-0.1, -0.05) is 0 Å². The second-order valence-electron chi connectivity index (χ2n) is 4.92. The smallest absolute Gasteiger partial charge is 0.270 e. The van der Waals surface area contributed by atoms with Crippen LogP contribution in [0.4, 0.5) is 11.4 Å². The number of benzene rings is 1. The number of rotatable bonds is 5. The van der Waals surface area contributed by atoms with Crippen LogP contribution in [-0.4, -0.2) is 31.6 Å². The second-order valence-corrected chi connectivity index (χ2v) is 7.85. The molecule has 1 heterocycles. The van der Waals surface area contributed by atoms with Gasteiger partial charge in [-0.2, -0.15) is 0 Å². The summed E-state index contributed by atoms with van der Waals surface area (Å²) >= 11 is 1.48. The van der Waals surface area contributed by atoms with Crippen LogP contribution in [0.15, 0.2) is 28.5 Å². The molecule has 7 nitrogen and oxygen atoms in total. The van der Waals surface area contributed by atoms with Crippen molar-refractivity contribution in [2.45, 2.75) is 18.4 Å². The molecule has 1 aromatic carbocycles. The molecule has 1 aromatic heterocycles. The number of aryl methyl sites for hydroxylation is 1. The Morgan fingerprint density at radius 2 is 2.09 bits per heavy atom. The summed E-state index contributed by atoms with van der Waals surface area (Å²) in [6.45, 7) is 2.31. The van der Waals surface area contributed by atoms with Crippen molar-refractivity contribution in [3.8, 4) is 0 Å². The molecule has 0 amide bonds. The number of non-ortho nitro benzene ring substituents is 1. The van der Waals surface area contributed by atoms with Crippen molar-refractivity contribution in [3.63, 3.8) is 0 Å². The molecule has 9 heteroatoms. The number of sulfone groups is 1. The lowest BCUT2D eigenvalue weighted by Gasteiger charge is -2.20. The van der Waals surface area contributed by atoms with Crippen molar-refractivity contribution in [2.24, 2.45) is 0 Å². The number of thiazole rings is 1. The quantitative estimate of drug-likeness (QED) is 0.612. The molecule has 0 bridgehead atoms. The van der Waals surface area contributed by atoms with Crippen LogP contribution in [0.1, 0.15) is 10.7 Å². The predicted molar refractivity (Wildman–Crippen MR) is 85.2 cm³/mol. The van der Waals surface area contributed by atoms with Crippen molar-refractivity contribution < 1.29 is 13.3 Å². The minimum absolute atomic E-state index is 0.0579. The molecular formula is C13H15N3O4S2. The summed E-state index contributed by atoms with van der Waals surface area (Å²) in [5.41, 5.74) is 1.07. The van der Waals surface area contributed by atoms with Gasteiger partial charge in [-0.25, -0.2) is 13.4 Å². The second kappa shape index (κ2) is 6.01. The topological polar surface area (TPSA) is 93.4 Å². The molecule has 0 aliphatic heterocycles. The van der Waals surface area contributed by atoms with Gasteiger partial charge < -0.3 is 4.90 Å². The van der Waals surface area contributed by atoms with Gasteiger partial charge in [0.05, 0.1) is 22.1 Å². The zero-order chi connectivity index (χ0) is 16.5. The van der Waals surface area contributed by atoms with Crippen LogP contribution in [0.2, 0.25) is 0 Å². The van der Waals surface area contributed by atoms with Gasteiger partial charge in [0.15, 0.2) is 9.84 Å². The van der Waals surface area contributed by atoms with Gasteiger partial charge in [-0.15, -0.1) is 11.3 Å². The van der Waals surface area contributed by atoms with E-state index in [9.17, 15) is 18.5 Å². The molecule has 0 fully saturated rings. The Hall–Kier alpha value is -2.00. The number of nitrogens with zero attached hydrogens (tertiary/aromatic N) is 3. The predicted octanol–water partition coefficient (Wildman–Crippen LogP) is 2.40. The summed E-state index contributed by atoms with van der Waals surface area (Å²) in [5, 5.41) is 13.6. The first-order valence-corrected chi connectivity index (χ1v) is 9.06. The third kappa shape index (κ3) is 3.60. The lowest BCUT2D eigenvalue weighted by Crippen LogP contribution is -2.19. The van der Waals surface area contributed by atoms with Crippen molar-refractivity contribution in [1.29, 1.82) is 0 Å². The molecular weight excluding hydrogens is 326 g/mol. The molecule has 0 saturated heterocycles. The Morgan fingerprint density at radius 1 is 1.41 bits per heavy atom. The minimum atomic E-state index is -3.58. The first kappa shape index (κ1) is 16.4. The largest absolute Gasteiger partial charge is 0.367 e. The van der Waals surface area contributed by atoms with Crippen molar-refractivity contribution in [1.82, 2.24) is 4.98 Å². The highest BCUT2D eigenvalue weighted by atomic mass is 32.2. The maximum Gasteiger partial charge on any atom is 0.270 e. The first-order valence-electron chi connectivity index (χ1n) is 6.29. The maximum atomic E-state index is 11.9. The number of hydrogen-bond donors (Lipinski definition) is 0. The van der Waals surface area contributed by atoms with Crippen LogP contribution in [0, 0.1) is 17.0 Å². The van der Waals surface area contributed by atoms with E-state index in [0.717, 1.165) is 23.0 Å². The molecule has 0 atom stereocenters.